The number of hydrogen-bond donors (Lipinski definition) is 0. The molecule has 9 nitrogen and oxygen atoms in total. The number of anilines is 1. The predicted molar refractivity (Wildman–Crippen MR) is 157 cm³/mol. The number of esters is 1. The van der Waals surface area contributed by atoms with Gasteiger partial charge in [-0.05, 0) is 69.2 Å². The van der Waals surface area contributed by atoms with Gasteiger partial charge < -0.3 is 9.47 Å². The molecule has 216 valence electrons. The Balaban J connectivity index is 1.73. The minimum Gasteiger partial charge on any atom is -0.464 e. The summed E-state index contributed by atoms with van der Waals surface area (Å²) < 4.78 is 11.6. The van der Waals surface area contributed by atoms with Crippen molar-refractivity contribution in [1.82, 2.24) is 4.90 Å². The van der Waals surface area contributed by atoms with Gasteiger partial charge in [0.1, 0.15) is 17.1 Å². The molecule has 0 fully saturated rings. The maximum absolute atomic E-state index is 14.7. The Morgan fingerprint density at radius 2 is 1.50 bits per heavy atom. The second kappa shape index (κ2) is 10.8. The SMILES string of the molecule is CCOC(=O)[C@H](C[C@]1(c2ccccc2)C(=O)N(C(=O)OC(C)(C)C)c2ccc(Br)cc21)N1C(=O)c2ccccc2C1=O. The minimum atomic E-state index is -1.68. The molecule has 0 saturated heterocycles. The van der Waals surface area contributed by atoms with E-state index < -0.39 is 46.8 Å². The van der Waals surface area contributed by atoms with Crippen molar-refractivity contribution in [3.63, 3.8) is 0 Å². The second-order valence-corrected chi connectivity index (χ2v) is 12.0. The molecule has 0 aromatic heterocycles. The summed E-state index contributed by atoms with van der Waals surface area (Å²) in [7, 11) is 0. The molecule has 10 heteroatoms. The number of fused-ring (bicyclic) bond motifs is 2. The van der Waals surface area contributed by atoms with Gasteiger partial charge in [-0.15, -0.1) is 0 Å². The first-order chi connectivity index (χ1) is 19.9. The fraction of sp³-hybridized carbons (Fsp3) is 0.281. The summed E-state index contributed by atoms with van der Waals surface area (Å²) >= 11 is 3.48. The molecule has 2 aliphatic rings. The highest BCUT2D eigenvalue weighted by Crippen LogP contribution is 2.51. The van der Waals surface area contributed by atoms with E-state index in [1.165, 1.54) is 12.1 Å². The largest absolute Gasteiger partial charge is 0.464 e. The number of carbonyl (C=O) groups excluding carboxylic acids is 5. The van der Waals surface area contributed by atoms with Gasteiger partial charge in [0.15, 0.2) is 0 Å². The number of ether oxygens (including phenoxy) is 2. The van der Waals surface area contributed by atoms with Gasteiger partial charge in [-0.3, -0.25) is 19.3 Å². The highest BCUT2D eigenvalue weighted by atomic mass is 79.9. The summed E-state index contributed by atoms with van der Waals surface area (Å²) in [5.41, 5.74) is -1.13. The molecule has 0 unspecified atom stereocenters. The van der Waals surface area contributed by atoms with Crippen LogP contribution in [0.2, 0.25) is 0 Å². The van der Waals surface area contributed by atoms with Gasteiger partial charge in [-0.1, -0.05) is 58.4 Å². The number of carbonyl (C=O) groups is 5. The lowest BCUT2D eigenvalue weighted by Gasteiger charge is -2.35. The van der Waals surface area contributed by atoms with Crippen LogP contribution in [0.3, 0.4) is 0 Å². The first kappa shape index (κ1) is 29.2. The first-order valence-corrected chi connectivity index (χ1v) is 14.3. The predicted octanol–water partition coefficient (Wildman–Crippen LogP) is 5.63. The van der Waals surface area contributed by atoms with Crippen molar-refractivity contribution in [1.29, 1.82) is 0 Å². The summed E-state index contributed by atoms with van der Waals surface area (Å²) in [6, 6.07) is 18.5. The monoisotopic (exact) mass is 632 g/mol. The van der Waals surface area contributed by atoms with Gasteiger partial charge in [0.05, 0.1) is 23.4 Å². The smallest absolute Gasteiger partial charge is 0.421 e. The summed E-state index contributed by atoms with van der Waals surface area (Å²) in [6.07, 6.45) is -1.26. The third-order valence-corrected chi connectivity index (χ3v) is 7.76. The fourth-order valence-electron chi connectivity index (χ4n) is 5.57. The maximum Gasteiger partial charge on any atom is 0.421 e. The summed E-state index contributed by atoms with van der Waals surface area (Å²) in [5.74, 6) is -2.86. The first-order valence-electron chi connectivity index (χ1n) is 13.5. The van der Waals surface area contributed by atoms with Crippen molar-refractivity contribution < 1.29 is 33.4 Å². The van der Waals surface area contributed by atoms with Crippen molar-refractivity contribution in [3.8, 4) is 0 Å². The Kier molecular flexibility index (Phi) is 7.53. The molecule has 4 amide bonds. The Bertz CT molecular complexity index is 1580. The van der Waals surface area contributed by atoms with Gasteiger partial charge in [-0.2, -0.15) is 0 Å². The van der Waals surface area contributed by atoms with Crippen LogP contribution in [-0.4, -0.2) is 52.9 Å². The Morgan fingerprint density at radius 3 is 2.07 bits per heavy atom. The number of halogens is 1. The molecule has 0 bridgehead atoms. The topological polar surface area (TPSA) is 110 Å². The average molecular weight is 633 g/mol. The van der Waals surface area contributed by atoms with Crippen molar-refractivity contribution in [3.05, 3.63) is 99.5 Å². The van der Waals surface area contributed by atoms with Crippen LogP contribution in [0.25, 0.3) is 0 Å². The van der Waals surface area contributed by atoms with Crippen molar-refractivity contribution in [2.75, 3.05) is 11.5 Å². The molecule has 3 aromatic rings. The quantitative estimate of drug-likeness (QED) is 0.256. The van der Waals surface area contributed by atoms with Crippen LogP contribution in [0.1, 0.15) is 66.0 Å². The number of rotatable bonds is 6. The van der Waals surface area contributed by atoms with Gasteiger partial charge in [0.25, 0.3) is 17.7 Å². The van der Waals surface area contributed by atoms with Gasteiger partial charge in [0.2, 0.25) is 0 Å². The summed E-state index contributed by atoms with van der Waals surface area (Å²) in [4.78, 5) is 70.9. The van der Waals surface area contributed by atoms with E-state index in [0.717, 1.165) is 9.80 Å². The summed E-state index contributed by atoms with van der Waals surface area (Å²) in [6.45, 7) is 6.67. The number of imide groups is 2. The van der Waals surface area contributed by atoms with E-state index in [1.807, 2.05) is 0 Å². The molecule has 5 rings (SSSR count). The normalized spacial score (nSPS) is 18.5. The van der Waals surface area contributed by atoms with Crippen LogP contribution in [0.5, 0.6) is 0 Å². The molecule has 0 spiro atoms. The van der Waals surface area contributed by atoms with Crippen LogP contribution in [0.15, 0.2) is 77.3 Å². The van der Waals surface area contributed by atoms with E-state index in [-0.39, 0.29) is 29.8 Å². The molecule has 2 heterocycles. The van der Waals surface area contributed by atoms with E-state index in [4.69, 9.17) is 9.47 Å². The van der Waals surface area contributed by atoms with Gasteiger partial charge >= 0.3 is 12.1 Å². The molecule has 42 heavy (non-hydrogen) atoms. The van der Waals surface area contributed by atoms with Crippen LogP contribution in [0, 0.1) is 0 Å². The highest BCUT2D eigenvalue weighted by Gasteiger charge is 2.58. The molecular weight excluding hydrogens is 604 g/mol. The minimum absolute atomic E-state index is 0.0169. The molecule has 3 aromatic carbocycles. The Labute approximate surface area is 251 Å². The number of nitrogens with zero attached hydrogens (tertiary/aromatic N) is 2. The van der Waals surface area contributed by atoms with Crippen molar-refractivity contribution in [2.24, 2.45) is 0 Å². The van der Waals surface area contributed by atoms with E-state index in [0.29, 0.717) is 15.6 Å². The fourth-order valence-corrected chi connectivity index (χ4v) is 5.93. The third-order valence-electron chi connectivity index (χ3n) is 7.27. The zero-order valence-electron chi connectivity index (χ0n) is 23.5. The van der Waals surface area contributed by atoms with E-state index in [9.17, 15) is 24.0 Å². The zero-order chi connectivity index (χ0) is 30.4. The average Bonchev–Trinajstić information content (AvgIpc) is 3.34. The standard InChI is InChI=1S/C32H29BrN2O7/c1-5-41-28(38)25(34-26(36)21-13-9-10-14-22(21)27(34)37)18-32(19-11-7-6-8-12-19)23-17-20(33)15-16-24(23)35(29(32)39)30(40)42-31(2,3)4/h6-17,25H,5,18H2,1-4H3/t25-,32+/m0/s1. The lowest BCUT2D eigenvalue weighted by atomic mass is 9.70. The second-order valence-electron chi connectivity index (χ2n) is 11.1. The van der Waals surface area contributed by atoms with Crippen LogP contribution >= 0.6 is 15.9 Å². The number of amides is 4. The molecule has 2 aliphatic heterocycles. The van der Waals surface area contributed by atoms with Crippen molar-refractivity contribution in [2.45, 2.75) is 51.2 Å². The number of hydrogen-bond acceptors (Lipinski definition) is 7. The molecule has 2 atom stereocenters. The van der Waals surface area contributed by atoms with Gasteiger partial charge in [-0.25, -0.2) is 14.5 Å². The van der Waals surface area contributed by atoms with E-state index >= 15 is 0 Å². The van der Waals surface area contributed by atoms with Crippen LogP contribution in [0.4, 0.5) is 10.5 Å². The molecule has 0 saturated carbocycles. The highest BCUT2D eigenvalue weighted by molar-refractivity contribution is 9.10. The third kappa shape index (κ3) is 4.79. The summed E-state index contributed by atoms with van der Waals surface area (Å²) in [5, 5.41) is 0. The van der Waals surface area contributed by atoms with Crippen LogP contribution in [-0.2, 0) is 24.5 Å². The molecule has 0 N–H and O–H groups in total. The van der Waals surface area contributed by atoms with E-state index in [1.54, 1.807) is 88.4 Å². The molecule has 0 radical (unpaired) electrons. The number of benzene rings is 3. The Morgan fingerprint density at radius 1 is 0.905 bits per heavy atom. The van der Waals surface area contributed by atoms with Crippen LogP contribution < -0.4 is 4.90 Å². The van der Waals surface area contributed by atoms with E-state index in [2.05, 4.69) is 15.9 Å². The zero-order valence-corrected chi connectivity index (χ0v) is 25.1. The lowest BCUT2D eigenvalue weighted by Crippen LogP contribution is -2.53. The van der Waals surface area contributed by atoms with Gasteiger partial charge in [0, 0.05) is 10.9 Å². The van der Waals surface area contributed by atoms with Crippen molar-refractivity contribution >= 4 is 51.4 Å². The molecular formula is C32H29BrN2O7. The lowest BCUT2D eigenvalue weighted by molar-refractivity contribution is -0.148. The maximum atomic E-state index is 14.7. The molecule has 0 aliphatic carbocycles. The Hall–Kier alpha value is -4.31.